The summed E-state index contributed by atoms with van der Waals surface area (Å²) in [6.07, 6.45) is 2.51. The number of amides is 1. The predicted molar refractivity (Wildman–Crippen MR) is 94.0 cm³/mol. The van der Waals surface area contributed by atoms with Gasteiger partial charge in [0.1, 0.15) is 12.1 Å². The van der Waals surface area contributed by atoms with E-state index in [2.05, 4.69) is 32.7 Å². The van der Waals surface area contributed by atoms with Crippen LogP contribution in [0.2, 0.25) is 0 Å². The monoisotopic (exact) mass is 321 g/mol. The molecule has 3 aromatic rings. The second-order valence-electron chi connectivity index (χ2n) is 6.03. The van der Waals surface area contributed by atoms with Gasteiger partial charge in [-0.05, 0) is 49.2 Å². The molecule has 0 saturated carbocycles. The molecule has 2 heterocycles. The van der Waals surface area contributed by atoms with Crippen LogP contribution >= 0.6 is 0 Å². The summed E-state index contributed by atoms with van der Waals surface area (Å²) in [5.41, 5.74) is 3.66. The van der Waals surface area contributed by atoms with E-state index in [4.69, 9.17) is 0 Å². The quantitative estimate of drug-likeness (QED) is 0.802. The maximum atomic E-state index is 12.3. The van der Waals surface area contributed by atoms with Crippen LogP contribution in [0.4, 0.5) is 11.4 Å². The molecule has 0 atom stereocenters. The lowest BCUT2D eigenvalue weighted by atomic mass is 10.2. The number of anilines is 2. The van der Waals surface area contributed by atoms with Gasteiger partial charge in [-0.1, -0.05) is 17.3 Å². The minimum atomic E-state index is -0.112. The van der Waals surface area contributed by atoms with Gasteiger partial charge < -0.3 is 10.2 Å². The first-order chi connectivity index (χ1) is 11.8. The van der Waals surface area contributed by atoms with Gasteiger partial charge in [0.15, 0.2) is 0 Å². The number of nitrogens with one attached hydrogen (secondary N) is 1. The van der Waals surface area contributed by atoms with Crippen molar-refractivity contribution in [2.75, 3.05) is 23.3 Å². The Kier molecular flexibility index (Phi) is 3.86. The van der Waals surface area contributed by atoms with Gasteiger partial charge in [-0.25, -0.2) is 4.68 Å². The molecule has 1 aromatic heterocycles. The van der Waals surface area contributed by atoms with Gasteiger partial charge in [0.25, 0.3) is 0 Å². The standard InChI is InChI=1S/C18H19N5O/c24-18(13-23-17-6-2-1-5-16(17)20-21-23)19-14-7-9-15(10-8-14)22-11-3-4-12-22/h1-2,5-10H,3-4,11-13H2,(H,19,24). The fraction of sp³-hybridized carbons (Fsp3) is 0.278. The summed E-state index contributed by atoms with van der Waals surface area (Å²) in [6, 6.07) is 15.6. The van der Waals surface area contributed by atoms with Crippen molar-refractivity contribution >= 4 is 28.3 Å². The van der Waals surface area contributed by atoms with Crippen LogP contribution in [0.1, 0.15) is 12.8 Å². The van der Waals surface area contributed by atoms with Gasteiger partial charge in [-0.2, -0.15) is 0 Å². The first-order valence-electron chi connectivity index (χ1n) is 8.23. The molecule has 24 heavy (non-hydrogen) atoms. The van der Waals surface area contributed by atoms with E-state index < -0.39 is 0 Å². The highest BCUT2D eigenvalue weighted by Gasteiger charge is 2.12. The number of rotatable bonds is 4. The van der Waals surface area contributed by atoms with Crippen molar-refractivity contribution in [2.45, 2.75) is 19.4 Å². The van der Waals surface area contributed by atoms with Crippen LogP contribution in [0.25, 0.3) is 11.0 Å². The fourth-order valence-electron chi connectivity index (χ4n) is 3.10. The van der Waals surface area contributed by atoms with Crippen LogP contribution in [0.15, 0.2) is 48.5 Å². The summed E-state index contributed by atoms with van der Waals surface area (Å²) in [5, 5.41) is 11.0. The highest BCUT2D eigenvalue weighted by atomic mass is 16.2. The highest BCUT2D eigenvalue weighted by molar-refractivity contribution is 5.91. The van der Waals surface area contributed by atoms with Crippen LogP contribution in [0, 0.1) is 0 Å². The summed E-state index contributed by atoms with van der Waals surface area (Å²) < 4.78 is 1.61. The van der Waals surface area contributed by atoms with Gasteiger partial charge in [-0.3, -0.25) is 4.79 Å². The van der Waals surface area contributed by atoms with Gasteiger partial charge in [0.2, 0.25) is 5.91 Å². The van der Waals surface area contributed by atoms with E-state index in [1.807, 2.05) is 36.4 Å². The van der Waals surface area contributed by atoms with E-state index in [1.54, 1.807) is 4.68 Å². The predicted octanol–water partition coefficient (Wildman–Crippen LogP) is 2.67. The molecule has 0 spiro atoms. The second-order valence-corrected chi connectivity index (χ2v) is 6.03. The Balaban J connectivity index is 1.42. The first-order valence-corrected chi connectivity index (χ1v) is 8.23. The molecule has 4 rings (SSSR count). The maximum absolute atomic E-state index is 12.3. The molecule has 1 N–H and O–H groups in total. The van der Waals surface area contributed by atoms with Crippen LogP contribution in [0.3, 0.4) is 0 Å². The number of hydrogen-bond donors (Lipinski definition) is 1. The number of nitrogens with zero attached hydrogens (tertiary/aromatic N) is 4. The van der Waals surface area contributed by atoms with Crippen molar-refractivity contribution in [3.05, 3.63) is 48.5 Å². The number of aromatic nitrogens is 3. The summed E-state index contributed by atoms with van der Waals surface area (Å²) in [6.45, 7) is 2.38. The zero-order valence-electron chi connectivity index (χ0n) is 13.4. The summed E-state index contributed by atoms with van der Waals surface area (Å²) in [4.78, 5) is 14.6. The second kappa shape index (κ2) is 6.31. The minimum Gasteiger partial charge on any atom is -0.372 e. The van der Waals surface area contributed by atoms with E-state index >= 15 is 0 Å². The molecule has 0 radical (unpaired) electrons. The molecule has 1 aliphatic heterocycles. The van der Waals surface area contributed by atoms with Crippen LogP contribution in [-0.2, 0) is 11.3 Å². The average molecular weight is 321 g/mol. The Morgan fingerprint density at radius 1 is 1.04 bits per heavy atom. The molecule has 1 fully saturated rings. The lowest BCUT2D eigenvalue weighted by Gasteiger charge is -2.17. The van der Waals surface area contributed by atoms with E-state index in [9.17, 15) is 4.79 Å². The SMILES string of the molecule is O=C(Cn1nnc2ccccc21)Nc1ccc(N2CCCC2)cc1. The molecular formula is C18H19N5O. The molecule has 0 aliphatic carbocycles. The highest BCUT2D eigenvalue weighted by Crippen LogP contribution is 2.22. The Morgan fingerprint density at radius 3 is 2.58 bits per heavy atom. The number of para-hydroxylation sites is 1. The molecule has 122 valence electrons. The summed E-state index contributed by atoms with van der Waals surface area (Å²) in [7, 11) is 0. The number of fused-ring (bicyclic) bond motifs is 1. The number of hydrogen-bond acceptors (Lipinski definition) is 4. The van der Waals surface area contributed by atoms with Gasteiger partial charge in [0, 0.05) is 24.5 Å². The molecule has 1 amide bonds. The molecule has 6 heteroatoms. The third kappa shape index (κ3) is 2.95. The average Bonchev–Trinajstić information content (AvgIpc) is 3.26. The van der Waals surface area contributed by atoms with Crippen molar-refractivity contribution in [3.63, 3.8) is 0 Å². The van der Waals surface area contributed by atoms with E-state index in [-0.39, 0.29) is 12.5 Å². The Morgan fingerprint density at radius 2 is 1.79 bits per heavy atom. The van der Waals surface area contributed by atoms with Gasteiger partial charge in [0.05, 0.1) is 5.52 Å². The lowest BCUT2D eigenvalue weighted by molar-refractivity contribution is -0.116. The molecule has 0 bridgehead atoms. The van der Waals surface area contributed by atoms with Crippen molar-refractivity contribution < 1.29 is 4.79 Å². The summed E-state index contributed by atoms with van der Waals surface area (Å²) in [5.74, 6) is -0.112. The van der Waals surface area contributed by atoms with Crippen molar-refractivity contribution in [1.82, 2.24) is 15.0 Å². The lowest BCUT2D eigenvalue weighted by Crippen LogP contribution is -2.20. The Hall–Kier alpha value is -2.89. The van der Waals surface area contributed by atoms with Crippen molar-refractivity contribution in [1.29, 1.82) is 0 Å². The molecule has 0 unspecified atom stereocenters. The zero-order valence-corrected chi connectivity index (χ0v) is 13.4. The van der Waals surface area contributed by atoms with E-state index in [0.717, 1.165) is 29.8 Å². The fourth-order valence-corrected chi connectivity index (χ4v) is 3.10. The van der Waals surface area contributed by atoms with Crippen LogP contribution in [0.5, 0.6) is 0 Å². The topological polar surface area (TPSA) is 63.1 Å². The molecule has 2 aromatic carbocycles. The Labute approximate surface area is 140 Å². The third-order valence-corrected chi connectivity index (χ3v) is 4.34. The third-order valence-electron chi connectivity index (χ3n) is 4.34. The normalized spacial score (nSPS) is 14.2. The molecular weight excluding hydrogens is 302 g/mol. The van der Waals surface area contributed by atoms with Crippen molar-refractivity contribution in [3.8, 4) is 0 Å². The van der Waals surface area contributed by atoms with E-state index in [0.29, 0.717) is 0 Å². The Bertz CT molecular complexity index is 849. The van der Waals surface area contributed by atoms with Crippen LogP contribution in [-0.4, -0.2) is 34.0 Å². The van der Waals surface area contributed by atoms with E-state index in [1.165, 1.54) is 18.5 Å². The number of carbonyl (C=O) groups is 1. The zero-order chi connectivity index (χ0) is 16.4. The maximum Gasteiger partial charge on any atom is 0.246 e. The number of carbonyl (C=O) groups excluding carboxylic acids is 1. The molecule has 6 nitrogen and oxygen atoms in total. The van der Waals surface area contributed by atoms with Gasteiger partial charge >= 0.3 is 0 Å². The summed E-state index contributed by atoms with van der Waals surface area (Å²) >= 11 is 0. The first kappa shape index (κ1) is 14.7. The van der Waals surface area contributed by atoms with Gasteiger partial charge in [-0.15, -0.1) is 5.10 Å². The minimum absolute atomic E-state index is 0.112. The largest absolute Gasteiger partial charge is 0.372 e. The van der Waals surface area contributed by atoms with Crippen molar-refractivity contribution in [2.24, 2.45) is 0 Å². The van der Waals surface area contributed by atoms with Crippen LogP contribution < -0.4 is 10.2 Å². The smallest absolute Gasteiger partial charge is 0.246 e. The molecule has 1 aliphatic rings. The molecule has 1 saturated heterocycles. The number of benzene rings is 2.